The molecule has 0 unspecified atom stereocenters. The van der Waals surface area contributed by atoms with E-state index < -0.39 is 0 Å². The number of hydrogen-bond donors (Lipinski definition) is 0. The fraction of sp³-hybridized carbons (Fsp3) is 0.148. The number of anilines is 1. The predicted molar refractivity (Wildman–Crippen MR) is 123 cm³/mol. The first-order valence-corrected chi connectivity index (χ1v) is 10.3. The summed E-state index contributed by atoms with van der Waals surface area (Å²) in [4.78, 5) is 6.00. The number of benzene rings is 3. The van der Waals surface area contributed by atoms with E-state index in [1.165, 1.54) is 27.9 Å². The number of nitrogens with zero attached hydrogens (tertiary/aromatic N) is 1. The molecule has 2 nitrogen and oxygen atoms in total. The van der Waals surface area contributed by atoms with Crippen LogP contribution >= 0.6 is 0 Å². The van der Waals surface area contributed by atoms with Crippen LogP contribution in [0.4, 0.5) is 5.69 Å². The second-order valence-electron chi connectivity index (χ2n) is 7.15. The minimum atomic E-state index is 1.02. The van der Waals surface area contributed by atoms with Crippen LogP contribution in [0.3, 0.4) is 0 Å². The van der Waals surface area contributed by atoms with E-state index in [1.54, 1.807) is 0 Å². The molecule has 3 aromatic carbocycles. The van der Waals surface area contributed by atoms with Gasteiger partial charge in [-0.05, 0) is 61.4 Å². The Morgan fingerprint density at radius 3 is 1.48 bits per heavy atom. The minimum absolute atomic E-state index is 1.02. The lowest BCUT2D eigenvalue weighted by atomic mass is 9.99. The van der Waals surface area contributed by atoms with E-state index in [2.05, 4.69) is 121 Å². The molecule has 4 aromatic rings. The van der Waals surface area contributed by atoms with Gasteiger partial charge in [0.15, 0.2) is 0 Å². The van der Waals surface area contributed by atoms with E-state index in [4.69, 9.17) is 0 Å². The highest BCUT2D eigenvalue weighted by Crippen LogP contribution is 2.29. The summed E-state index contributed by atoms with van der Waals surface area (Å²) in [5.41, 5.74) is 8.33. The molecule has 0 radical (unpaired) electrons. The fourth-order valence-corrected chi connectivity index (χ4v) is 3.74. The van der Waals surface area contributed by atoms with E-state index in [9.17, 15) is 0 Å². The van der Waals surface area contributed by atoms with Gasteiger partial charge in [-0.1, -0.05) is 48.5 Å². The van der Waals surface area contributed by atoms with Crippen LogP contribution in [0, 0.1) is 0 Å². The van der Waals surface area contributed by atoms with Crippen molar-refractivity contribution in [3.05, 3.63) is 97.1 Å². The molecule has 0 amide bonds. The summed E-state index contributed by atoms with van der Waals surface area (Å²) in [5.74, 6) is 0. The van der Waals surface area contributed by atoms with E-state index >= 15 is 0 Å². The van der Waals surface area contributed by atoms with Crippen LogP contribution in [0.5, 0.6) is 0 Å². The van der Waals surface area contributed by atoms with Gasteiger partial charge >= 0.3 is 0 Å². The van der Waals surface area contributed by atoms with Crippen molar-refractivity contribution in [3.63, 3.8) is 0 Å². The summed E-state index contributed by atoms with van der Waals surface area (Å²) in [6, 6.07) is 34.4. The predicted octanol–water partition coefficient (Wildman–Crippen LogP) is 6.35. The van der Waals surface area contributed by atoms with Crippen LogP contribution in [-0.2, 0) is 0 Å². The van der Waals surface area contributed by atoms with Gasteiger partial charge in [0.05, 0.1) is 0 Å². The number of hydrogen-bond acceptors (Lipinski definition) is 1. The average molecular weight is 380 g/mol. The summed E-state index contributed by atoms with van der Waals surface area (Å²) >= 11 is 0. The maximum atomic E-state index is 3.63. The van der Waals surface area contributed by atoms with Crippen LogP contribution in [0.2, 0.25) is 0 Å². The van der Waals surface area contributed by atoms with Gasteiger partial charge in [-0.3, -0.25) is 0 Å². The Morgan fingerprint density at radius 2 is 1.03 bits per heavy atom. The Labute approximate surface area is 173 Å². The van der Waals surface area contributed by atoms with E-state index in [-0.39, 0.29) is 0 Å². The lowest BCUT2D eigenvalue weighted by molar-refractivity contribution is -0.351. The Bertz CT molecular complexity index is 993. The highest BCUT2D eigenvalue weighted by molar-refractivity contribution is 5.74. The molecular weight excluding hydrogens is 352 g/mol. The summed E-state index contributed by atoms with van der Waals surface area (Å²) < 4.78 is 0. The number of aromatic amines is 1. The molecule has 0 aliphatic heterocycles. The summed E-state index contributed by atoms with van der Waals surface area (Å²) in [6.07, 6.45) is 0. The first-order valence-electron chi connectivity index (χ1n) is 10.3. The molecule has 0 saturated carbocycles. The zero-order valence-electron chi connectivity index (χ0n) is 17.1. The van der Waals surface area contributed by atoms with Gasteiger partial charge in [-0.15, -0.1) is 0 Å². The van der Waals surface area contributed by atoms with Crippen LogP contribution in [0.25, 0.3) is 33.6 Å². The standard InChI is InChI=1S/C27H26N2/c1-3-29(4-2)25-17-15-21(16-18-25)24-19-26(22-11-7-5-8-12-22)28-27(20-24)23-13-9-6-10-14-23/h5-20H,3-4H2,1-2H3/p+1. The normalized spacial score (nSPS) is 10.7. The number of H-pyrrole nitrogens is 1. The molecule has 1 heterocycles. The Hall–Kier alpha value is -3.39. The van der Waals surface area contributed by atoms with Gasteiger partial charge in [-0.2, -0.15) is 0 Å². The van der Waals surface area contributed by atoms with Crippen molar-refractivity contribution in [2.75, 3.05) is 18.0 Å². The minimum Gasteiger partial charge on any atom is -0.372 e. The number of aromatic nitrogens is 1. The van der Waals surface area contributed by atoms with Gasteiger partial charge in [0.25, 0.3) is 0 Å². The maximum Gasteiger partial charge on any atom is 0.211 e. The highest BCUT2D eigenvalue weighted by atomic mass is 15.1. The van der Waals surface area contributed by atoms with Crippen molar-refractivity contribution < 1.29 is 4.98 Å². The number of rotatable bonds is 6. The number of pyridine rings is 1. The molecule has 4 rings (SSSR count). The zero-order chi connectivity index (χ0) is 20.1. The third kappa shape index (κ3) is 4.22. The van der Waals surface area contributed by atoms with Crippen molar-refractivity contribution in [2.24, 2.45) is 0 Å². The first-order chi connectivity index (χ1) is 14.3. The van der Waals surface area contributed by atoms with Gasteiger partial charge in [0, 0.05) is 42.0 Å². The Kier molecular flexibility index (Phi) is 5.71. The molecule has 0 aliphatic carbocycles. The van der Waals surface area contributed by atoms with E-state index in [0.717, 1.165) is 24.5 Å². The second kappa shape index (κ2) is 8.74. The van der Waals surface area contributed by atoms with Gasteiger partial charge in [0.1, 0.15) is 0 Å². The zero-order valence-corrected chi connectivity index (χ0v) is 17.1. The topological polar surface area (TPSA) is 17.4 Å². The molecule has 29 heavy (non-hydrogen) atoms. The van der Waals surface area contributed by atoms with Crippen molar-refractivity contribution in [2.45, 2.75) is 13.8 Å². The van der Waals surface area contributed by atoms with Gasteiger partial charge in [0.2, 0.25) is 11.4 Å². The van der Waals surface area contributed by atoms with E-state index in [1.807, 2.05) is 0 Å². The molecule has 1 N–H and O–H groups in total. The van der Waals surface area contributed by atoms with Gasteiger partial charge < -0.3 is 4.90 Å². The summed E-state index contributed by atoms with van der Waals surface area (Å²) in [6.45, 7) is 6.43. The highest BCUT2D eigenvalue weighted by Gasteiger charge is 2.14. The largest absolute Gasteiger partial charge is 0.372 e. The van der Waals surface area contributed by atoms with Crippen LogP contribution in [0.15, 0.2) is 97.1 Å². The third-order valence-electron chi connectivity index (χ3n) is 5.37. The van der Waals surface area contributed by atoms with Gasteiger partial charge in [-0.25, -0.2) is 4.98 Å². The molecule has 0 bridgehead atoms. The average Bonchev–Trinajstić information content (AvgIpc) is 2.81. The van der Waals surface area contributed by atoms with Crippen LogP contribution < -0.4 is 9.88 Å². The maximum absolute atomic E-state index is 3.63. The molecule has 0 spiro atoms. The molecular formula is C27H27N2+. The Morgan fingerprint density at radius 1 is 0.552 bits per heavy atom. The quantitative estimate of drug-likeness (QED) is 0.382. The second-order valence-corrected chi connectivity index (χ2v) is 7.15. The molecule has 144 valence electrons. The molecule has 2 heteroatoms. The number of nitrogens with one attached hydrogen (secondary N) is 1. The van der Waals surface area contributed by atoms with Crippen LogP contribution in [0.1, 0.15) is 13.8 Å². The molecule has 0 saturated heterocycles. The van der Waals surface area contributed by atoms with E-state index in [0.29, 0.717) is 0 Å². The molecule has 0 aliphatic rings. The lowest BCUT2D eigenvalue weighted by Gasteiger charge is -2.21. The molecule has 0 fully saturated rings. The monoisotopic (exact) mass is 379 g/mol. The molecule has 0 atom stereocenters. The summed E-state index contributed by atoms with van der Waals surface area (Å²) in [7, 11) is 0. The third-order valence-corrected chi connectivity index (χ3v) is 5.37. The fourth-order valence-electron chi connectivity index (χ4n) is 3.74. The van der Waals surface area contributed by atoms with Crippen LogP contribution in [-0.4, -0.2) is 13.1 Å². The summed E-state index contributed by atoms with van der Waals surface area (Å²) in [5, 5.41) is 0. The molecule has 1 aromatic heterocycles. The smallest absolute Gasteiger partial charge is 0.211 e. The van der Waals surface area contributed by atoms with Crippen molar-refractivity contribution in [1.82, 2.24) is 0 Å². The lowest BCUT2D eigenvalue weighted by Crippen LogP contribution is -2.21. The first kappa shape index (κ1) is 18.9. The SMILES string of the molecule is CCN(CC)c1ccc(-c2cc(-c3ccccc3)[nH+]c(-c3ccccc3)c2)cc1. The van der Waals surface area contributed by atoms with Crippen molar-refractivity contribution in [1.29, 1.82) is 0 Å². The van der Waals surface area contributed by atoms with Crippen molar-refractivity contribution in [3.8, 4) is 33.6 Å². The van der Waals surface area contributed by atoms with Crippen molar-refractivity contribution >= 4 is 5.69 Å². The Balaban J connectivity index is 1.80.